The zero-order chi connectivity index (χ0) is 23.7. The first-order valence-corrected chi connectivity index (χ1v) is 9.89. The van der Waals surface area contributed by atoms with Crippen LogP contribution in [-0.2, 0) is 0 Å². The summed E-state index contributed by atoms with van der Waals surface area (Å²) in [5, 5.41) is 5.12. The van der Waals surface area contributed by atoms with Crippen LogP contribution >= 0.6 is 0 Å². The van der Waals surface area contributed by atoms with Crippen LogP contribution in [0.4, 0.5) is 30.9 Å². The second kappa shape index (κ2) is 8.61. The molecule has 4 N–H and O–H groups in total. The van der Waals surface area contributed by atoms with E-state index in [-0.39, 0.29) is 34.7 Å². The molecule has 3 aromatic heterocycles. The van der Waals surface area contributed by atoms with Gasteiger partial charge in [0.05, 0.1) is 16.6 Å². The van der Waals surface area contributed by atoms with Gasteiger partial charge < -0.3 is 15.6 Å². The van der Waals surface area contributed by atoms with Crippen molar-refractivity contribution < 1.29 is 18.4 Å². The van der Waals surface area contributed by atoms with E-state index >= 15 is 0 Å². The molecule has 4 aromatic rings. The number of aromatic nitrogens is 4. The third-order valence-corrected chi connectivity index (χ3v) is 4.88. The quantitative estimate of drug-likeness (QED) is 0.391. The summed E-state index contributed by atoms with van der Waals surface area (Å²) in [7, 11) is 0. The van der Waals surface area contributed by atoms with Crippen molar-refractivity contribution in [3.63, 3.8) is 0 Å². The number of nitrogens with two attached hydrogens (primary N) is 1. The van der Waals surface area contributed by atoms with Crippen molar-refractivity contribution in [3.8, 4) is 0 Å². The van der Waals surface area contributed by atoms with Gasteiger partial charge in [0.1, 0.15) is 35.2 Å². The first-order chi connectivity index (χ1) is 15.7. The van der Waals surface area contributed by atoms with Gasteiger partial charge in [-0.05, 0) is 38.1 Å². The minimum Gasteiger partial charge on any atom is -0.383 e. The van der Waals surface area contributed by atoms with Crippen molar-refractivity contribution in [2.75, 3.05) is 16.4 Å². The lowest BCUT2D eigenvalue weighted by Crippen LogP contribution is -2.21. The van der Waals surface area contributed by atoms with Gasteiger partial charge in [-0.3, -0.25) is 10.1 Å². The molecule has 0 aliphatic carbocycles. The molecule has 11 heteroatoms. The minimum atomic E-state index is -0.927. The Kier molecular flexibility index (Phi) is 5.69. The third-order valence-electron chi connectivity index (χ3n) is 4.88. The van der Waals surface area contributed by atoms with E-state index in [0.29, 0.717) is 22.7 Å². The van der Waals surface area contributed by atoms with Gasteiger partial charge in [-0.25, -0.2) is 28.5 Å². The van der Waals surface area contributed by atoms with Crippen molar-refractivity contribution >= 4 is 40.2 Å². The number of nitrogen functional groups attached to an aromatic ring is 1. The van der Waals surface area contributed by atoms with Gasteiger partial charge in [-0.2, -0.15) is 0 Å². The fraction of sp³-hybridized carbons (Fsp3) is 0.136. The van der Waals surface area contributed by atoms with Gasteiger partial charge in [-0.15, -0.1) is 0 Å². The number of nitrogens with zero attached hydrogens (tertiary/aromatic N) is 4. The van der Waals surface area contributed by atoms with Crippen LogP contribution in [0, 0.1) is 11.6 Å². The molecular formula is C22H19F2N7O2. The predicted octanol–water partition coefficient (Wildman–Crippen LogP) is 4.14. The maximum Gasteiger partial charge on any atom is 0.324 e. The molecule has 4 rings (SSSR count). The average Bonchev–Trinajstić information content (AvgIpc) is 3.17. The second-order valence-electron chi connectivity index (χ2n) is 7.46. The van der Waals surface area contributed by atoms with Crippen LogP contribution in [0.2, 0.25) is 0 Å². The van der Waals surface area contributed by atoms with Crippen molar-refractivity contribution in [3.05, 3.63) is 71.8 Å². The molecule has 9 nitrogen and oxygen atoms in total. The van der Waals surface area contributed by atoms with Crippen molar-refractivity contribution in [1.82, 2.24) is 19.5 Å². The monoisotopic (exact) mass is 451 g/mol. The molecule has 0 fully saturated rings. The molecule has 0 saturated heterocycles. The molecule has 0 saturated carbocycles. The van der Waals surface area contributed by atoms with E-state index in [2.05, 4.69) is 25.6 Å². The number of hydrogen-bond acceptors (Lipinski definition) is 6. The molecule has 0 unspecified atom stereocenters. The van der Waals surface area contributed by atoms with E-state index in [1.54, 1.807) is 6.20 Å². The molecular weight excluding hydrogens is 432 g/mol. The first kappa shape index (κ1) is 21.8. The van der Waals surface area contributed by atoms with Crippen LogP contribution < -0.4 is 16.4 Å². The average molecular weight is 451 g/mol. The van der Waals surface area contributed by atoms with Gasteiger partial charge >= 0.3 is 6.03 Å². The number of ketones is 1. The molecule has 0 bridgehead atoms. The minimum absolute atomic E-state index is 0.0218. The summed E-state index contributed by atoms with van der Waals surface area (Å²) < 4.78 is 28.6. The molecule has 3 heterocycles. The fourth-order valence-corrected chi connectivity index (χ4v) is 3.33. The van der Waals surface area contributed by atoms with E-state index in [0.717, 1.165) is 12.1 Å². The number of benzene rings is 1. The topological polar surface area (TPSA) is 128 Å². The number of fused-ring (bicyclic) bond motifs is 1. The Balaban J connectivity index is 1.60. The fourth-order valence-electron chi connectivity index (χ4n) is 3.33. The Bertz CT molecular complexity index is 1380. The number of carbonyl (C=O) groups excluding carboxylic acids is 2. The Morgan fingerprint density at radius 1 is 1.06 bits per heavy atom. The van der Waals surface area contributed by atoms with Gasteiger partial charge in [0.2, 0.25) is 0 Å². The lowest BCUT2D eigenvalue weighted by Gasteiger charge is -2.09. The summed E-state index contributed by atoms with van der Waals surface area (Å²) in [5.41, 5.74) is 6.90. The molecule has 1 aromatic carbocycles. The largest absolute Gasteiger partial charge is 0.383 e. The zero-order valence-corrected chi connectivity index (χ0v) is 17.6. The predicted molar refractivity (Wildman–Crippen MR) is 119 cm³/mol. The number of hydrogen-bond donors (Lipinski definition) is 3. The second-order valence-corrected chi connectivity index (χ2v) is 7.46. The number of amides is 2. The molecule has 0 radical (unpaired) electrons. The van der Waals surface area contributed by atoms with E-state index in [1.807, 2.05) is 18.4 Å². The highest BCUT2D eigenvalue weighted by Gasteiger charge is 2.22. The molecule has 0 aliphatic heterocycles. The standard InChI is InChI=1S/C22H19F2N7O2/c1-11(2)31-9-14(18-20(25)27-10-28-21(18)31)19(32)12-5-6-26-17(7-12)30-22(33)29-16-4-3-13(23)8-15(16)24/h3-11H,1-2H3,(H2,25,27,28)(H2,26,29,30,33). The van der Waals surface area contributed by atoms with Gasteiger partial charge in [0.25, 0.3) is 0 Å². The SMILES string of the molecule is CC(C)n1cc(C(=O)c2ccnc(NC(=O)Nc3ccc(F)cc3F)c2)c2c(N)ncnc21. The maximum atomic E-state index is 13.8. The molecule has 0 aliphatic rings. The highest BCUT2D eigenvalue weighted by Crippen LogP contribution is 2.28. The normalized spacial score (nSPS) is 11.1. The molecule has 0 atom stereocenters. The molecule has 168 valence electrons. The van der Waals surface area contributed by atoms with E-state index in [9.17, 15) is 18.4 Å². The third kappa shape index (κ3) is 4.33. The van der Waals surface area contributed by atoms with Crippen molar-refractivity contribution in [2.24, 2.45) is 0 Å². The number of urea groups is 1. The van der Waals surface area contributed by atoms with E-state index in [4.69, 9.17) is 5.73 Å². The van der Waals surface area contributed by atoms with Crippen LogP contribution in [0.25, 0.3) is 11.0 Å². The van der Waals surface area contributed by atoms with Crippen LogP contribution in [0.15, 0.2) is 49.1 Å². The van der Waals surface area contributed by atoms with Crippen molar-refractivity contribution in [1.29, 1.82) is 0 Å². The Hall–Kier alpha value is -4.41. The lowest BCUT2D eigenvalue weighted by molar-refractivity contribution is 0.104. The first-order valence-electron chi connectivity index (χ1n) is 9.89. The molecule has 0 spiro atoms. The molecule has 2 amide bonds. The molecule has 33 heavy (non-hydrogen) atoms. The summed E-state index contributed by atoms with van der Waals surface area (Å²) in [6.45, 7) is 3.89. The van der Waals surface area contributed by atoms with Crippen molar-refractivity contribution in [2.45, 2.75) is 19.9 Å². The highest BCUT2D eigenvalue weighted by atomic mass is 19.1. The van der Waals surface area contributed by atoms with Crippen LogP contribution in [0.5, 0.6) is 0 Å². The van der Waals surface area contributed by atoms with E-state index < -0.39 is 17.7 Å². The van der Waals surface area contributed by atoms with E-state index in [1.165, 1.54) is 24.7 Å². The Labute approximate surface area is 186 Å². The summed E-state index contributed by atoms with van der Waals surface area (Å²) in [4.78, 5) is 37.8. The summed E-state index contributed by atoms with van der Waals surface area (Å²) in [6.07, 6.45) is 4.35. The number of carbonyl (C=O) groups is 2. The Morgan fingerprint density at radius 3 is 2.58 bits per heavy atom. The van der Waals surface area contributed by atoms with Gasteiger partial charge in [0.15, 0.2) is 5.78 Å². The van der Waals surface area contributed by atoms with Crippen LogP contribution in [0.3, 0.4) is 0 Å². The Morgan fingerprint density at radius 2 is 1.85 bits per heavy atom. The van der Waals surface area contributed by atoms with Gasteiger partial charge in [-0.1, -0.05) is 0 Å². The number of rotatable bonds is 5. The number of nitrogens with one attached hydrogen (secondary N) is 2. The summed E-state index contributed by atoms with van der Waals surface area (Å²) in [5.74, 6) is -1.83. The smallest absolute Gasteiger partial charge is 0.324 e. The number of anilines is 3. The maximum absolute atomic E-state index is 13.8. The number of halogens is 2. The summed E-state index contributed by atoms with van der Waals surface area (Å²) >= 11 is 0. The number of pyridine rings is 1. The summed E-state index contributed by atoms with van der Waals surface area (Å²) in [6, 6.07) is 4.83. The highest BCUT2D eigenvalue weighted by molar-refractivity contribution is 6.18. The van der Waals surface area contributed by atoms with Crippen LogP contribution in [-0.4, -0.2) is 31.3 Å². The lowest BCUT2D eigenvalue weighted by atomic mass is 10.0. The van der Waals surface area contributed by atoms with Crippen LogP contribution in [0.1, 0.15) is 35.8 Å². The van der Waals surface area contributed by atoms with Gasteiger partial charge in [0, 0.05) is 30.1 Å². The zero-order valence-electron chi connectivity index (χ0n) is 17.6.